The quantitative estimate of drug-likeness (QED) is 0.786. The van der Waals surface area contributed by atoms with Gasteiger partial charge >= 0.3 is 5.97 Å². The van der Waals surface area contributed by atoms with Crippen LogP contribution in [0.5, 0.6) is 5.75 Å². The molecule has 1 amide bonds. The highest BCUT2D eigenvalue weighted by Crippen LogP contribution is 2.35. The Kier molecular flexibility index (Phi) is 5.61. The third-order valence-electron chi connectivity index (χ3n) is 5.52. The number of amides is 1. The maximum Gasteiger partial charge on any atom is 0.337 e. The molecule has 1 saturated carbocycles. The van der Waals surface area contributed by atoms with E-state index in [-0.39, 0.29) is 12.5 Å². The van der Waals surface area contributed by atoms with Crippen LogP contribution in [-0.4, -0.2) is 43.1 Å². The molecule has 5 nitrogen and oxygen atoms in total. The summed E-state index contributed by atoms with van der Waals surface area (Å²) < 4.78 is 10.5. The van der Waals surface area contributed by atoms with Crippen molar-refractivity contribution in [3.8, 4) is 5.75 Å². The molecule has 1 aliphatic heterocycles. The number of hydrogen-bond donors (Lipinski definition) is 0. The monoisotopic (exact) mass is 345 g/mol. The molecular formula is C20H27NO4. The fourth-order valence-electron chi connectivity index (χ4n) is 4.16. The maximum absolute atomic E-state index is 12.7. The van der Waals surface area contributed by atoms with Gasteiger partial charge in [-0.3, -0.25) is 4.79 Å². The number of methoxy groups -OCH3 is 1. The van der Waals surface area contributed by atoms with Gasteiger partial charge in [0.2, 0.25) is 0 Å². The van der Waals surface area contributed by atoms with Crippen LogP contribution in [0.25, 0.3) is 0 Å². The van der Waals surface area contributed by atoms with E-state index in [4.69, 9.17) is 9.47 Å². The Bertz CT molecular complexity index is 641. The first-order chi connectivity index (χ1) is 12.1. The summed E-state index contributed by atoms with van der Waals surface area (Å²) in [5.41, 5.74) is 1.33. The van der Waals surface area contributed by atoms with Crippen molar-refractivity contribution in [3.63, 3.8) is 0 Å². The van der Waals surface area contributed by atoms with Crippen LogP contribution < -0.4 is 4.74 Å². The van der Waals surface area contributed by atoms with E-state index in [1.165, 1.54) is 32.8 Å². The number of piperidine rings is 1. The van der Waals surface area contributed by atoms with E-state index >= 15 is 0 Å². The minimum atomic E-state index is -0.405. The van der Waals surface area contributed by atoms with Crippen LogP contribution in [0.2, 0.25) is 0 Å². The van der Waals surface area contributed by atoms with E-state index in [0.29, 0.717) is 23.3 Å². The van der Waals surface area contributed by atoms with E-state index in [0.717, 1.165) is 24.9 Å². The molecule has 0 radical (unpaired) electrons. The Hall–Kier alpha value is -2.04. The summed E-state index contributed by atoms with van der Waals surface area (Å²) in [6.07, 6.45) is 7.20. The van der Waals surface area contributed by atoms with E-state index in [1.807, 2.05) is 17.9 Å². The SMILES string of the molecule is COC(=O)c1ccc(C)c(OCC(=O)N2CCCC3CCCCC32)c1. The van der Waals surface area contributed by atoms with Crippen LogP contribution in [0.3, 0.4) is 0 Å². The zero-order valence-electron chi connectivity index (χ0n) is 15.1. The topological polar surface area (TPSA) is 55.8 Å². The normalized spacial score (nSPS) is 22.9. The van der Waals surface area contributed by atoms with Crippen molar-refractivity contribution in [2.75, 3.05) is 20.3 Å². The smallest absolute Gasteiger partial charge is 0.337 e. The molecule has 0 bridgehead atoms. The summed E-state index contributed by atoms with van der Waals surface area (Å²) in [7, 11) is 1.35. The molecule has 3 rings (SSSR count). The minimum absolute atomic E-state index is 0.0225. The number of aryl methyl sites for hydroxylation is 1. The fourth-order valence-corrected chi connectivity index (χ4v) is 4.16. The van der Waals surface area contributed by atoms with Gasteiger partial charge < -0.3 is 14.4 Å². The van der Waals surface area contributed by atoms with E-state index in [9.17, 15) is 9.59 Å². The van der Waals surface area contributed by atoms with Gasteiger partial charge in [0.05, 0.1) is 12.7 Å². The second-order valence-electron chi connectivity index (χ2n) is 7.10. The summed E-state index contributed by atoms with van der Waals surface area (Å²) in [5.74, 6) is 0.876. The number of likely N-dealkylation sites (tertiary alicyclic amines) is 1. The van der Waals surface area contributed by atoms with Crippen LogP contribution in [0.1, 0.15) is 54.4 Å². The number of fused-ring (bicyclic) bond motifs is 1. The van der Waals surface area contributed by atoms with Crippen LogP contribution >= 0.6 is 0 Å². The van der Waals surface area contributed by atoms with Gasteiger partial charge in [-0.1, -0.05) is 18.9 Å². The minimum Gasteiger partial charge on any atom is -0.483 e. The third kappa shape index (κ3) is 3.97. The second-order valence-corrected chi connectivity index (χ2v) is 7.10. The molecule has 2 unspecified atom stereocenters. The average molecular weight is 345 g/mol. The van der Waals surface area contributed by atoms with Crippen molar-refractivity contribution in [2.45, 2.75) is 51.5 Å². The summed E-state index contributed by atoms with van der Waals surface area (Å²) in [4.78, 5) is 26.4. The molecule has 2 aliphatic rings. The average Bonchev–Trinajstić information content (AvgIpc) is 2.66. The van der Waals surface area contributed by atoms with Crippen molar-refractivity contribution in [1.82, 2.24) is 4.90 Å². The van der Waals surface area contributed by atoms with Gasteiger partial charge in [0.1, 0.15) is 5.75 Å². The summed E-state index contributed by atoms with van der Waals surface area (Å²) in [6, 6.07) is 5.55. The molecule has 1 aromatic carbocycles. The molecule has 136 valence electrons. The predicted octanol–water partition coefficient (Wildman–Crippen LogP) is 3.34. The summed E-state index contributed by atoms with van der Waals surface area (Å²) in [5, 5.41) is 0. The lowest BCUT2D eigenvalue weighted by Gasteiger charge is -2.44. The zero-order valence-corrected chi connectivity index (χ0v) is 15.1. The number of carbonyl (C=O) groups excluding carboxylic acids is 2. The van der Waals surface area contributed by atoms with Gasteiger partial charge in [0, 0.05) is 12.6 Å². The Balaban J connectivity index is 1.64. The Labute approximate surface area is 149 Å². The number of hydrogen-bond acceptors (Lipinski definition) is 4. The molecule has 0 spiro atoms. The van der Waals surface area contributed by atoms with E-state index in [1.54, 1.807) is 12.1 Å². The lowest BCUT2D eigenvalue weighted by molar-refractivity contribution is -0.139. The summed E-state index contributed by atoms with van der Waals surface area (Å²) >= 11 is 0. The van der Waals surface area contributed by atoms with Crippen LogP contribution in [-0.2, 0) is 9.53 Å². The second kappa shape index (κ2) is 7.89. The number of rotatable bonds is 4. The highest BCUT2D eigenvalue weighted by Gasteiger charge is 2.35. The number of nitrogens with zero attached hydrogens (tertiary/aromatic N) is 1. The van der Waals surface area contributed by atoms with Crippen molar-refractivity contribution in [1.29, 1.82) is 0 Å². The van der Waals surface area contributed by atoms with Gasteiger partial charge in [-0.25, -0.2) is 4.79 Å². The Morgan fingerprint density at radius 1 is 1.16 bits per heavy atom. The first-order valence-corrected chi connectivity index (χ1v) is 9.21. The molecule has 5 heteroatoms. The molecule has 1 aromatic rings. The van der Waals surface area contributed by atoms with Crippen LogP contribution in [0, 0.1) is 12.8 Å². The van der Waals surface area contributed by atoms with Crippen molar-refractivity contribution >= 4 is 11.9 Å². The molecule has 0 N–H and O–H groups in total. The van der Waals surface area contributed by atoms with Gasteiger partial charge in [0.25, 0.3) is 5.91 Å². The first kappa shape index (κ1) is 17.8. The van der Waals surface area contributed by atoms with Gasteiger partial charge in [-0.15, -0.1) is 0 Å². The predicted molar refractivity (Wildman–Crippen MR) is 94.7 cm³/mol. The molecule has 1 heterocycles. The van der Waals surface area contributed by atoms with Crippen LogP contribution in [0.15, 0.2) is 18.2 Å². The molecule has 25 heavy (non-hydrogen) atoms. The molecule has 1 aliphatic carbocycles. The molecule has 2 fully saturated rings. The molecule has 0 aromatic heterocycles. The lowest BCUT2D eigenvalue weighted by atomic mass is 9.78. The number of benzene rings is 1. The van der Waals surface area contributed by atoms with Crippen molar-refractivity contribution in [2.24, 2.45) is 5.92 Å². The summed E-state index contributed by atoms with van der Waals surface area (Å²) in [6.45, 7) is 2.76. The van der Waals surface area contributed by atoms with Crippen LogP contribution in [0.4, 0.5) is 0 Å². The molecule has 1 saturated heterocycles. The fraction of sp³-hybridized carbons (Fsp3) is 0.600. The van der Waals surface area contributed by atoms with Gasteiger partial charge in [-0.05, 0) is 56.2 Å². The van der Waals surface area contributed by atoms with Crippen molar-refractivity contribution in [3.05, 3.63) is 29.3 Å². The number of esters is 1. The van der Waals surface area contributed by atoms with Gasteiger partial charge in [-0.2, -0.15) is 0 Å². The lowest BCUT2D eigenvalue weighted by Crippen LogP contribution is -2.51. The van der Waals surface area contributed by atoms with Gasteiger partial charge in [0.15, 0.2) is 6.61 Å². The third-order valence-corrected chi connectivity index (χ3v) is 5.52. The van der Waals surface area contributed by atoms with E-state index in [2.05, 4.69) is 0 Å². The first-order valence-electron chi connectivity index (χ1n) is 9.21. The zero-order chi connectivity index (χ0) is 17.8. The highest BCUT2D eigenvalue weighted by molar-refractivity contribution is 5.90. The Morgan fingerprint density at radius 3 is 2.72 bits per heavy atom. The Morgan fingerprint density at radius 2 is 1.92 bits per heavy atom. The number of ether oxygens (including phenoxy) is 2. The number of carbonyl (C=O) groups is 2. The maximum atomic E-state index is 12.7. The standard InChI is InChI=1S/C20H27NO4/c1-14-9-10-16(20(23)24-2)12-18(14)25-13-19(22)21-11-5-7-15-6-3-4-8-17(15)21/h9-10,12,15,17H,3-8,11,13H2,1-2H3. The molecular weight excluding hydrogens is 318 g/mol. The highest BCUT2D eigenvalue weighted by atomic mass is 16.5. The molecule has 2 atom stereocenters. The largest absolute Gasteiger partial charge is 0.483 e. The van der Waals surface area contributed by atoms with E-state index < -0.39 is 5.97 Å². The van der Waals surface area contributed by atoms with Crippen molar-refractivity contribution < 1.29 is 19.1 Å².